The summed E-state index contributed by atoms with van der Waals surface area (Å²) in [6.07, 6.45) is 37.1. The van der Waals surface area contributed by atoms with Gasteiger partial charge in [0.1, 0.15) is 0 Å². The summed E-state index contributed by atoms with van der Waals surface area (Å²) in [5.74, 6) is 0. The Hall–Kier alpha value is -0.540. The fraction of sp³-hybridized carbons (Fsp3) is 0.615. The van der Waals surface area contributed by atoms with Gasteiger partial charge in [0, 0.05) is 39.0 Å². The zero-order valence-electron chi connectivity index (χ0n) is 37.1. The van der Waals surface area contributed by atoms with Gasteiger partial charge >= 0.3 is 0 Å². The Balaban J connectivity index is 1.42. The molecule has 5 aromatic heterocycles. The van der Waals surface area contributed by atoms with Gasteiger partial charge in [0.15, 0.2) is 0 Å². The van der Waals surface area contributed by atoms with Crippen molar-refractivity contribution in [2.24, 2.45) is 0 Å². The minimum Gasteiger partial charge on any atom is -0.133 e. The molecule has 0 aliphatic heterocycles. The van der Waals surface area contributed by atoms with Gasteiger partial charge in [-0.2, -0.15) is 0 Å². The summed E-state index contributed by atoms with van der Waals surface area (Å²) in [7, 11) is 0. The van der Waals surface area contributed by atoms with E-state index in [4.69, 9.17) is 0 Å². The molecule has 0 aliphatic carbocycles. The van der Waals surface area contributed by atoms with E-state index < -0.39 is 0 Å². The molecule has 0 amide bonds. The first-order valence-electron chi connectivity index (χ1n) is 23.9. The van der Waals surface area contributed by atoms with Crippen LogP contribution in [0.2, 0.25) is 0 Å². The normalized spacial score (nSPS) is 11.8. The second-order valence-electron chi connectivity index (χ2n) is 17.0. The fourth-order valence-corrected chi connectivity index (χ4v) is 15.8. The van der Waals surface area contributed by atoms with E-state index in [2.05, 4.69) is 130 Å². The van der Waals surface area contributed by atoms with Crippen LogP contribution in [-0.2, 0) is 25.7 Å². The van der Waals surface area contributed by atoms with Crippen LogP contribution in [0.25, 0.3) is 39.0 Å². The maximum absolute atomic E-state index is 3.91. The summed E-state index contributed by atoms with van der Waals surface area (Å²) < 4.78 is 2.55. The third-order valence-electron chi connectivity index (χ3n) is 11.9. The van der Waals surface area contributed by atoms with Crippen molar-refractivity contribution in [3.8, 4) is 39.0 Å². The summed E-state index contributed by atoms with van der Waals surface area (Å²) in [6, 6.07) is 15.0. The van der Waals surface area contributed by atoms with Crippen LogP contribution >= 0.6 is 88.5 Å². The van der Waals surface area contributed by atoms with Gasteiger partial charge in [-0.3, -0.25) is 0 Å². The third-order valence-corrected chi connectivity index (χ3v) is 19.4. The molecule has 5 rings (SSSR count). The van der Waals surface area contributed by atoms with Crippen LogP contribution in [0, 0.1) is 0 Å². The molecule has 0 fully saturated rings. The van der Waals surface area contributed by atoms with Crippen LogP contribution in [-0.4, -0.2) is 0 Å². The zero-order valence-corrected chi connectivity index (χ0v) is 44.3. The summed E-state index contributed by atoms with van der Waals surface area (Å²) in [6.45, 7) is 9.27. The van der Waals surface area contributed by atoms with Gasteiger partial charge in [-0.15, -0.1) is 56.7 Å². The Bertz CT molecular complexity index is 1750. The van der Waals surface area contributed by atoms with E-state index in [-0.39, 0.29) is 0 Å². The monoisotopic (exact) mass is 1020 g/mol. The Morgan fingerprint density at radius 2 is 0.576 bits per heavy atom. The SMILES string of the molecule is CCCCCCCCc1cc(Br)sc1-c1cc(CCCCCCCC)c(-c2ccc(-c3sc(-c4sc(Br)cc4CCCCCCCC)cc3CCCCCCCC)s2)s1. The summed E-state index contributed by atoms with van der Waals surface area (Å²) in [5, 5.41) is 0. The lowest BCUT2D eigenvalue weighted by Crippen LogP contribution is -1.87. The van der Waals surface area contributed by atoms with E-state index in [0.717, 1.165) is 0 Å². The van der Waals surface area contributed by atoms with E-state index in [1.54, 1.807) is 22.3 Å². The van der Waals surface area contributed by atoms with Crippen molar-refractivity contribution in [3.05, 3.63) is 66.2 Å². The van der Waals surface area contributed by atoms with E-state index in [1.165, 1.54) is 226 Å². The van der Waals surface area contributed by atoms with Crippen molar-refractivity contribution in [2.75, 3.05) is 0 Å². The van der Waals surface area contributed by atoms with Crippen LogP contribution in [0.3, 0.4) is 0 Å². The Morgan fingerprint density at radius 1 is 0.305 bits per heavy atom. The minimum atomic E-state index is 1.19. The average molecular weight is 1020 g/mol. The number of rotatable bonds is 32. The first-order chi connectivity index (χ1) is 28.9. The molecule has 0 unspecified atom stereocenters. The van der Waals surface area contributed by atoms with Crippen molar-refractivity contribution in [1.29, 1.82) is 0 Å². The predicted molar refractivity (Wildman–Crippen MR) is 281 cm³/mol. The van der Waals surface area contributed by atoms with Gasteiger partial charge in [-0.05, 0) is 142 Å². The highest BCUT2D eigenvalue weighted by Crippen LogP contribution is 2.50. The quantitative estimate of drug-likeness (QED) is 0.0377. The van der Waals surface area contributed by atoms with Crippen LogP contribution < -0.4 is 0 Å². The van der Waals surface area contributed by atoms with Gasteiger partial charge in [-0.25, -0.2) is 0 Å². The summed E-state index contributed by atoms with van der Waals surface area (Å²) in [4.78, 5) is 12.0. The molecule has 59 heavy (non-hydrogen) atoms. The molecule has 0 N–H and O–H groups in total. The fourth-order valence-electron chi connectivity index (χ4n) is 8.41. The molecular weight excluding hydrogens is 945 g/mol. The standard InChI is InChI=1S/C52H74Br2S5/c1-5-9-13-17-21-25-29-39-35-45(51-41(37-47(53)58-51)31-27-23-19-15-11-7-3)56-49(39)43-33-34-44(55-43)50-40(30-26-22-18-14-10-6-2)36-46(57-50)52-42(38-48(54)59-52)32-28-24-20-16-12-8-4/h33-38H,5-32H2,1-4H3. The summed E-state index contributed by atoms with van der Waals surface area (Å²) in [5.41, 5.74) is 6.24. The van der Waals surface area contributed by atoms with Crippen LogP contribution in [0.1, 0.15) is 204 Å². The maximum Gasteiger partial charge on any atom is 0.0708 e. The largest absolute Gasteiger partial charge is 0.133 e. The average Bonchev–Trinajstić information content (AvgIpc) is 4.08. The molecule has 0 radical (unpaired) electrons. The molecule has 0 spiro atoms. The highest BCUT2D eigenvalue weighted by molar-refractivity contribution is 9.11. The molecule has 0 saturated carbocycles. The number of aryl methyl sites for hydroxylation is 4. The number of halogens is 2. The molecule has 0 bridgehead atoms. The van der Waals surface area contributed by atoms with E-state index in [0.29, 0.717) is 0 Å². The smallest absolute Gasteiger partial charge is 0.0708 e. The van der Waals surface area contributed by atoms with Crippen LogP contribution in [0.4, 0.5) is 0 Å². The molecule has 0 aromatic carbocycles. The second-order valence-corrected chi connectivity index (χ2v) is 25.0. The van der Waals surface area contributed by atoms with E-state index in [9.17, 15) is 0 Å². The minimum absolute atomic E-state index is 1.19. The highest BCUT2D eigenvalue weighted by Gasteiger charge is 2.22. The number of thiophene rings is 5. The lowest BCUT2D eigenvalue weighted by atomic mass is 10.0. The molecule has 0 aliphatic rings. The van der Waals surface area contributed by atoms with Gasteiger partial charge in [0.2, 0.25) is 0 Å². The topological polar surface area (TPSA) is 0 Å². The molecule has 5 aromatic rings. The van der Waals surface area contributed by atoms with Crippen LogP contribution in [0.5, 0.6) is 0 Å². The van der Waals surface area contributed by atoms with Gasteiger partial charge in [-0.1, -0.05) is 156 Å². The van der Waals surface area contributed by atoms with E-state index in [1.807, 2.05) is 22.7 Å². The Kier molecular flexibility index (Phi) is 23.7. The molecule has 0 atom stereocenters. The lowest BCUT2D eigenvalue weighted by Gasteiger charge is -2.04. The van der Waals surface area contributed by atoms with E-state index >= 15 is 0 Å². The first kappa shape index (κ1) is 49.5. The zero-order chi connectivity index (χ0) is 41.7. The number of unbranched alkanes of at least 4 members (excludes halogenated alkanes) is 20. The second kappa shape index (κ2) is 28.3. The van der Waals surface area contributed by atoms with Crippen molar-refractivity contribution in [3.63, 3.8) is 0 Å². The number of hydrogen-bond acceptors (Lipinski definition) is 5. The van der Waals surface area contributed by atoms with Crippen molar-refractivity contribution in [2.45, 2.75) is 207 Å². The van der Waals surface area contributed by atoms with Crippen molar-refractivity contribution >= 4 is 88.5 Å². The molecule has 326 valence electrons. The van der Waals surface area contributed by atoms with Gasteiger partial charge < -0.3 is 0 Å². The van der Waals surface area contributed by atoms with Crippen molar-refractivity contribution < 1.29 is 0 Å². The predicted octanol–water partition coefficient (Wildman–Crippen LogP) is 21.8. The molecule has 0 nitrogen and oxygen atoms in total. The Labute approximate surface area is 397 Å². The summed E-state index contributed by atoms with van der Waals surface area (Å²) >= 11 is 17.9. The van der Waals surface area contributed by atoms with Gasteiger partial charge in [0.05, 0.1) is 7.57 Å². The first-order valence-corrected chi connectivity index (χ1v) is 29.6. The third kappa shape index (κ3) is 16.2. The van der Waals surface area contributed by atoms with Gasteiger partial charge in [0.25, 0.3) is 0 Å². The molecular formula is C52H74Br2S5. The maximum atomic E-state index is 3.91. The molecule has 5 heterocycles. The molecule has 7 heteroatoms. The number of hydrogen-bond donors (Lipinski definition) is 0. The lowest BCUT2D eigenvalue weighted by molar-refractivity contribution is 0.608. The molecule has 0 saturated heterocycles. The van der Waals surface area contributed by atoms with Crippen molar-refractivity contribution in [1.82, 2.24) is 0 Å². The highest BCUT2D eigenvalue weighted by atomic mass is 79.9. The van der Waals surface area contributed by atoms with Crippen LogP contribution in [0.15, 0.2) is 44.0 Å². The Morgan fingerprint density at radius 3 is 0.898 bits per heavy atom.